The number of allylic oxidation sites excluding steroid dienone is 2. The first-order valence-electron chi connectivity index (χ1n) is 11.4. The molecule has 2 spiro atoms. The van der Waals surface area contributed by atoms with Gasteiger partial charge in [-0.05, 0) is 74.2 Å². The minimum absolute atomic E-state index is 0.0291. The van der Waals surface area contributed by atoms with Crippen LogP contribution in [0.15, 0.2) is 23.8 Å². The Hall–Kier alpha value is -0.640. The highest BCUT2D eigenvalue weighted by Crippen LogP contribution is 2.67. The first kappa shape index (κ1) is 17.2. The van der Waals surface area contributed by atoms with Crippen molar-refractivity contribution in [3.63, 3.8) is 0 Å². The molecular formula is C24H34O3. The van der Waals surface area contributed by atoms with Crippen LogP contribution in [-0.4, -0.2) is 31.2 Å². The fraction of sp³-hybridized carbons (Fsp3) is 0.833. The first-order valence-corrected chi connectivity index (χ1v) is 11.4. The van der Waals surface area contributed by atoms with Crippen LogP contribution in [0.2, 0.25) is 0 Å². The fourth-order valence-electron chi connectivity index (χ4n) is 8.35. The SMILES string of the molecule is C=C1CCO[C@]12CCC1[C@@H]3CCC4CC5(CCC4C3=CC[C@@]12C)OCCO5. The van der Waals surface area contributed by atoms with Crippen molar-refractivity contribution in [2.45, 2.75) is 76.1 Å². The number of rotatable bonds is 0. The molecule has 0 bridgehead atoms. The van der Waals surface area contributed by atoms with Crippen LogP contribution in [0.25, 0.3) is 0 Å². The lowest BCUT2D eigenvalue weighted by Crippen LogP contribution is -2.51. The van der Waals surface area contributed by atoms with Crippen LogP contribution in [0.3, 0.4) is 0 Å². The second-order valence-electron chi connectivity index (χ2n) is 10.4. The summed E-state index contributed by atoms with van der Waals surface area (Å²) in [7, 11) is 0. The van der Waals surface area contributed by atoms with Crippen LogP contribution in [0.1, 0.15) is 64.7 Å². The molecule has 5 fully saturated rings. The lowest BCUT2D eigenvalue weighted by atomic mass is 9.52. The van der Waals surface area contributed by atoms with Gasteiger partial charge in [0.15, 0.2) is 5.79 Å². The highest BCUT2D eigenvalue weighted by Gasteiger charge is 2.64. The summed E-state index contributed by atoms with van der Waals surface area (Å²) in [5, 5.41) is 0. The minimum Gasteiger partial charge on any atom is -0.370 e. The van der Waals surface area contributed by atoms with Crippen molar-refractivity contribution in [1.29, 1.82) is 0 Å². The highest BCUT2D eigenvalue weighted by atomic mass is 16.7. The van der Waals surface area contributed by atoms with Crippen molar-refractivity contribution < 1.29 is 14.2 Å². The zero-order chi connectivity index (χ0) is 18.3. The number of ether oxygens (including phenoxy) is 3. The Kier molecular flexibility index (Phi) is 3.64. The van der Waals surface area contributed by atoms with Crippen molar-refractivity contribution in [3.05, 3.63) is 23.8 Å². The molecule has 0 amide bonds. The molecule has 6 aliphatic rings. The molecule has 6 rings (SSSR count). The van der Waals surface area contributed by atoms with Gasteiger partial charge < -0.3 is 14.2 Å². The lowest BCUT2D eigenvalue weighted by Gasteiger charge is -2.54. The van der Waals surface area contributed by atoms with E-state index >= 15 is 0 Å². The maximum absolute atomic E-state index is 6.47. The summed E-state index contributed by atoms with van der Waals surface area (Å²) >= 11 is 0. The monoisotopic (exact) mass is 370 g/mol. The van der Waals surface area contributed by atoms with Gasteiger partial charge in [0.25, 0.3) is 0 Å². The van der Waals surface area contributed by atoms with E-state index in [1.807, 2.05) is 5.57 Å². The minimum atomic E-state index is -0.232. The third kappa shape index (κ3) is 2.14. The van der Waals surface area contributed by atoms with Gasteiger partial charge in [-0.15, -0.1) is 0 Å². The van der Waals surface area contributed by atoms with E-state index in [2.05, 4.69) is 19.6 Å². The first-order chi connectivity index (χ1) is 13.1. The van der Waals surface area contributed by atoms with Crippen LogP contribution < -0.4 is 0 Å². The predicted octanol–water partition coefficient (Wildman–Crippen LogP) is 5.02. The smallest absolute Gasteiger partial charge is 0.168 e. The Morgan fingerprint density at radius 1 is 0.963 bits per heavy atom. The number of fused-ring (bicyclic) bond motifs is 6. The Morgan fingerprint density at radius 2 is 1.81 bits per heavy atom. The van der Waals surface area contributed by atoms with Gasteiger partial charge in [-0.1, -0.05) is 25.2 Å². The van der Waals surface area contributed by atoms with Crippen LogP contribution in [-0.2, 0) is 14.2 Å². The molecule has 27 heavy (non-hydrogen) atoms. The Labute approximate surface area is 163 Å². The van der Waals surface area contributed by atoms with Crippen molar-refractivity contribution in [2.75, 3.05) is 19.8 Å². The molecule has 0 aromatic carbocycles. The van der Waals surface area contributed by atoms with Crippen LogP contribution >= 0.6 is 0 Å². The van der Waals surface area contributed by atoms with E-state index < -0.39 is 0 Å². The van der Waals surface area contributed by atoms with E-state index in [1.54, 1.807) is 0 Å². The van der Waals surface area contributed by atoms with Gasteiger partial charge in [-0.3, -0.25) is 0 Å². The number of hydrogen-bond acceptors (Lipinski definition) is 3. The summed E-state index contributed by atoms with van der Waals surface area (Å²) in [4.78, 5) is 0. The number of hydrogen-bond donors (Lipinski definition) is 0. The molecule has 0 radical (unpaired) electrons. The summed E-state index contributed by atoms with van der Waals surface area (Å²) in [6, 6.07) is 0. The van der Waals surface area contributed by atoms with Crippen molar-refractivity contribution in [1.82, 2.24) is 0 Å². The van der Waals surface area contributed by atoms with Crippen molar-refractivity contribution in [2.24, 2.45) is 29.1 Å². The molecular weight excluding hydrogens is 336 g/mol. The van der Waals surface area contributed by atoms with E-state index in [-0.39, 0.29) is 16.8 Å². The van der Waals surface area contributed by atoms with Crippen molar-refractivity contribution >= 4 is 0 Å². The van der Waals surface area contributed by atoms with Gasteiger partial charge in [-0.25, -0.2) is 0 Å². The molecule has 3 saturated carbocycles. The van der Waals surface area contributed by atoms with Crippen molar-refractivity contribution in [3.8, 4) is 0 Å². The lowest BCUT2D eigenvalue weighted by molar-refractivity contribution is -0.196. The van der Waals surface area contributed by atoms with Gasteiger partial charge in [0.1, 0.15) is 0 Å². The summed E-state index contributed by atoms with van der Waals surface area (Å²) < 4.78 is 18.6. The van der Waals surface area contributed by atoms with Gasteiger partial charge in [-0.2, -0.15) is 0 Å². The maximum atomic E-state index is 6.47. The van der Waals surface area contributed by atoms with E-state index in [0.717, 1.165) is 62.8 Å². The van der Waals surface area contributed by atoms with Gasteiger partial charge in [0, 0.05) is 18.3 Å². The second-order valence-corrected chi connectivity index (χ2v) is 10.4. The summed E-state index contributed by atoms with van der Waals surface area (Å²) in [5.41, 5.74) is 3.42. The van der Waals surface area contributed by atoms with Crippen LogP contribution in [0.4, 0.5) is 0 Å². The molecule has 0 aromatic rings. The van der Waals surface area contributed by atoms with Gasteiger partial charge >= 0.3 is 0 Å². The van der Waals surface area contributed by atoms with E-state index in [9.17, 15) is 0 Å². The quantitative estimate of drug-likeness (QED) is 0.561. The average Bonchev–Trinajstić information content (AvgIpc) is 3.35. The third-order valence-electron chi connectivity index (χ3n) is 9.62. The van der Waals surface area contributed by atoms with Crippen LogP contribution in [0, 0.1) is 29.1 Å². The van der Waals surface area contributed by atoms with Crippen LogP contribution in [0.5, 0.6) is 0 Å². The van der Waals surface area contributed by atoms with Gasteiger partial charge in [0.2, 0.25) is 0 Å². The maximum Gasteiger partial charge on any atom is 0.168 e. The third-order valence-corrected chi connectivity index (χ3v) is 9.62. The highest BCUT2D eigenvalue weighted by molar-refractivity contribution is 5.34. The molecule has 3 nitrogen and oxygen atoms in total. The fourth-order valence-corrected chi connectivity index (χ4v) is 8.35. The second kappa shape index (κ2) is 5.70. The molecule has 4 aliphatic carbocycles. The summed E-state index contributed by atoms with van der Waals surface area (Å²) in [6.07, 6.45) is 13.6. The van der Waals surface area contributed by atoms with E-state index in [4.69, 9.17) is 14.2 Å². The Balaban J connectivity index is 1.30. The van der Waals surface area contributed by atoms with E-state index in [1.165, 1.54) is 44.1 Å². The molecule has 2 heterocycles. The normalized spacial score (nSPS) is 50.6. The standard InChI is InChI=1S/C24H34O3/c1-16-8-12-27-24(16)11-7-21-20-4-3-17-15-23(25-13-14-26-23)10-6-18(17)19(20)5-9-22(21,24)2/h5,17-18,20-21H,1,3-4,6-15H2,2H3/t17?,18?,20-,21?,22+,24-/m1/s1. The zero-order valence-corrected chi connectivity index (χ0v) is 16.8. The molecule has 0 N–H and O–H groups in total. The molecule has 0 aromatic heterocycles. The molecule has 6 atom stereocenters. The summed E-state index contributed by atoms with van der Waals surface area (Å²) in [5.74, 6) is 2.86. The van der Waals surface area contributed by atoms with Gasteiger partial charge in [0.05, 0.1) is 25.4 Å². The molecule has 148 valence electrons. The predicted molar refractivity (Wildman–Crippen MR) is 104 cm³/mol. The summed E-state index contributed by atoms with van der Waals surface area (Å²) in [6.45, 7) is 9.44. The Morgan fingerprint density at radius 3 is 2.59 bits per heavy atom. The largest absolute Gasteiger partial charge is 0.370 e. The topological polar surface area (TPSA) is 27.7 Å². The Bertz CT molecular complexity index is 690. The molecule has 3 unspecified atom stereocenters. The zero-order valence-electron chi connectivity index (χ0n) is 16.8. The average molecular weight is 371 g/mol. The molecule has 3 heteroatoms. The molecule has 2 aliphatic heterocycles. The molecule has 2 saturated heterocycles. The van der Waals surface area contributed by atoms with E-state index in [0.29, 0.717) is 0 Å².